The molecule has 0 bridgehead atoms. The maximum Gasteiger partial charge on any atom is 0.313 e. The highest BCUT2D eigenvalue weighted by Crippen LogP contribution is 2.38. The number of nitrogens with two attached hydrogens (primary N) is 2. The van der Waals surface area contributed by atoms with Gasteiger partial charge in [-0.25, -0.2) is 4.39 Å². The van der Waals surface area contributed by atoms with E-state index >= 15 is 0 Å². The van der Waals surface area contributed by atoms with Gasteiger partial charge in [0.2, 0.25) is 0 Å². The van der Waals surface area contributed by atoms with Crippen LogP contribution in [-0.2, 0) is 22.6 Å². The van der Waals surface area contributed by atoms with Crippen molar-refractivity contribution in [3.05, 3.63) is 63.9 Å². The fraction of sp³-hybridized carbons (Fsp3) is 0.400. The number of amides is 2. The molecule has 2 aromatic carbocycles. The van der Waals surface area contributed by atoms with Crippen molar-refractivity contribution in [2.45, 2.75) is 38.8 Å². The monoisotopic (exact) mass is 502 g/mol. The summed E-state index contributed by atoms with van der Waals surface area (Å²) in [5, 5.41) is 5.20. The van der Waals surface area contributed by atoms with E-state index in [1.54, 1.807) is 0 Å². The molecule has 1 aliphatic carbocycles. The van der Waals surface area contributed by atoms with Gasteiger partial charge in [0.05, 0.1) is 11.1 Å². The molecule has 35 heavy (non-hydrogen) atoms. The van der Waals surface area contributed by atoms with E-state index in [0.29, 0.717) is 13.0 Å². The first-order valence-corrected chi connectivity index (χ1v) is 12.0. The van der Waals surface area contributed by atoms with E-state index in [1.165, 1.54) is 17.7 Å². The van der Waals surface area contributed by atoms with Crippen LogP contribution in [0.25, 0.3) is 0 Å². The number of guanidine groups is 1. The van der Waals surface area contributed by atoms with Crippen LogP contribution in [0.1, 0.15) is 42.5 Å². The Balaban J connectivity index is 1.75. The Kier molecular flexibility index (Phi) is 9.06. The highest BCUT2D eigenvalue weighted by Gasteiger charge is 2.34. The number of hydrogen-bond donors (Lipinski definition) is 4. The fourth-order valence-corrected chi connectivity index (χ4v) is 4.57. The van der Waals surface area contributed by atoms with E-state index in [9.17, 15) is 14.0 Å². The van der Waals surface area contributed by atoms with E-state index in [4.69, 9.17) is 23.1 Å². The largest absolute Gasteiger partial charge is 0.370 e. The molecular formula is C25H32ClFN6O2. The van der Waals surface area contributed by atoms with Gasteiger partial charge in [-0.2, -0.15) is 0 Å². The van der Waals surface area contributed by atoms with Crippen LogP contribution >= 0.6 is 11.6 Å². The molecule has 0 saturated carbocycles. The van der Waals surface area contributed by atoms with Crippen molar-refractivity contribution in [1.29, 1.82) is 0 Å². The van der Waals surface area contributed by atoms with Crippen LogP contribution in [0.5, 0.6) is 0 Å². The highest BCUT2D eigenvalue weighted by molar-refractivity contribution is 6.39. The smallest absolute Gasteiger partial charge is 0.313 e. The molecule has 0 spiro atoms. The molecule has 2 amide bonds. The first kappa shape index (κ1) is 26.4. The van der Waals surface area contributed by atoms with E-state index in [1.807, 2.05) is 6.07 Å². The van der Waals surface area contributed by atoms with Crippen molar-refractivity contribution >= 4 is 35.1 Å². The van der Waals surface area contributed by atoms with Gasteiger partial charge in [-0.1, -0.05) is 36.7 Å². The Morgan fingerprint density at radius 1 is 1.20 bits per heavy atom. The van der Waals surface area contributed by atoms with E-state index in [-0.39, 0.29) is 28.6 Å². The lowest BCUT2D eigenvalue weighted by molar-refractivity contribution is -0.136. The maximum absolute atomic E-state index is 13.7. The topological polar surface area (TPSA) is 126 Å². The number of nitrogens with zero attached hydrogens (tertiary/aromatic N) is 2. The zero-order valence-corrected chi connectivity index (χ0v) is 20.7. The standard InChI is InChI=1S/C25H32ClFN6O2/c1-3-10-33(2)14-15-4-6-19-17(11-15)12-16(8-9-30-25(28)29)22(19)32-24(35)23(34)31-18-5-7-20(26)21(27)13-18/h4-7,11,13,16,22H,3,8-10,12,14H2,1-2H3,(H,31,34)(H,32,35)(H4,28,29,30)/t16-,22+/m0/s1. The molecule has 0 unspecified atom stereocenters. The SMILES string of the molecule is CCCN(C)Cc1ccc2c(c1)C[C@H](CCN=C(N)N)[C@H]2NC(=O)C(=O)Nc1ccc(Cl)c(F)c1. The highest BCUT2D eigenvalue weighted by atomic mass is 35.5. The van der Waals surface area contributed by atoms with Gasteiger partial charge in [-0.3, -0.25) is 14.6 Å². The molecule has 0 aliphatic heterocycles. The van der Waals surface area contributed by atoms with Crippen LogP contribution in [0.2, 0.25) is 5.02 Å². The number of benzene rings is 2. The Hall–Kier alpha value is -3.17. The Morgan fingerprint density at radius 3 is 2.66 bits per heavy atom. The number of carbonyl (C=O) groups excluding carboxylic acids is 2. The first-order valence-electron chi connectivity index (χ1n) is 11.6. The van der Waals surface area contributed by atoms with Crippen LogP contribution in [0.15, 0.2) is 41.4 Å². The summed E-state index contributed by atoms with van der Waals surface area (Å²) >= 11 is 5.68. The van der Waals surface area contributed by atoms with Gasteiger partial charge in [-0.05, 0) is 73.7 Å². The number of anilines is 1. The van der Waals surface area contributed by atoms with Crippen LogP contribution in [0.4, 0.5) is 10.1 Å². The summed E-state index contributed by atoms with van der Waals surface area (Å²) in [5.41, 5.74) is 14.4. The second-order valence-corrected chi connectivity index (χ2v) is 9.27. The number of nitrogens with one attached hydrogen (secondary N) is 2. The van der Waals surface area contributed by atoms with E-state index in [2.05, 4.69) is 46.6 Å². The minimum Gasteiger partial charge on any atom is -0.370 e. The lowest BCUT2D eigenvalue weighted by Gasteiger charge is -2.21. The Morgan fingerprint density at radius 2 is 1.97 bits per heavy atom. The third-order valence-corrected chi connectivity index (χ3v) is 6.32. The van der Waals surface area contributed by atoms with Crippen molar-refractivity contribution in [3.8, 4) is 0 Å². The quantitative estimate of drug-likeness (QED) is 0.238. The Bertz CT molecular complexity index is 1110. The number of rotatable bonds is 9. The van der Waals surface area contributed by atoms with Crippen molar-refractivity contribution in [2.75, 3.05) is 25.5 Å². The minimum absolute atomic E-state index is 0.0110. The van der Waals surface area contributed by atoms with Gasteiger partial charge in [0, 0.05) is 18.8 Å². The van der Waals surface area contributed by atoms with Gasteiger partial charge in [0.25, 0.3) is 0 Å². The Labute approximate surface area is 209 Å². The molecule has 2 aromatic rings. The van der Waals surface area contributed by atoms with Gasteiger partial charge in [-0.15, -0.1) is 0 Å². The summed E-state index contributed by atoms with van der Waals surface area (Å²) in [6.07, 6.45) is 2.44. The number of fused-ring (bicyclic) bond motifs is 1. The van der Waals surface area contributed by atoms with Crippen molar-refractivity contribution < 1.29 is 14.0 Å². The molecule has 0 saturated heterocycles. The number of hydrogen-bond acceptors (Lipinski definition) is 4. The zero-order valence-electron chi connectivity index (χ0n) is 20.0. The lowest BCUT2D eigenvalue weighted by Crippen LogP contribution is -2.39. The zero-order chi connectivity index (χ0) is 25.5. The molecule has 1 aliphatic rings. The third-order valence-electron chi connectivity index (χ3n) is 6.02. The van der Waals surface area contributed by atoms with E-state index < -0.39 is 17.6 Å². The second kappa shape index (κ2) is 12.0. The minimum atomic E-state index is -0.888. The number of halogens is 2. The molecule has 0 aromatic heterocycles. The third kappa shape index (κ3) is 7.16. The summed E-state index contributed by atoms with van der Waals surface area (Å²) in [4.78, 5) is 31.6. The van der Waals surface area contributed by atoms with Crippen LogP contribution in [0, 0.1) is 11.7 Å². The number of carbonyl (C=O) groups is 2. The van der Waals surface area contributed by atoms with Crippen molar-refractivity contribution in [1.82, 2.24) is 10.2 Å². The van der Waals surface area contributed by atoms with Crippen molar-refractivity contribution in [2.24, 2.45) is 22.4 Å². The van der Waals surface area contributed by atoms with Gasteiger partial charge >= 0.3 is 11.8 Å². The lowest BCUT2D eigenvalue weighted by atomic mass is 9.97. The molecule has 3 rings (SSSR count). The van der Waals surface area contributed by atoms with Gasteiger partial charge in [0.1, 0.15) is 5.82 Å². The predicted octanol–water partition coefficient (Wildman–Crippen LogP) is 2.95. The molecule has 2 atom stereocenters. The average molecular weight is 503 g/mol. The van der Waals surface area contributed by atoms with Gasteiger partial charge < -0.3 is 27.0 Å². The summed E-state index contributed by atoms with van der Waals surface area (Å²) in [6.45, 7) is 4.39. The van der Waals surface area contributed by atoms with Crippen LogP contribution < -0.4 is 22.1 Å². The second-order valence-electron chi connectivity index (χ2n) is 8.86. The fourth-order valence-electron chi connectivity index (χ4n) is 4.46. The predicted molar refractivity (Wildman–Crippen MR) is 136 cm³/mol. The van der Waals surface area contributed by atoms with Crippen molar-refractivity contribution in [3.63, 3.8) is 0 Å². The molecule has 8 nitrogen and oxygen atoms in total. The molecule has 188 valence electrons. The molecule has 6 N–H and O–H groups in total. The van der Waals surface area contributed by atoms with Gasteiger partial charge in [0.15, 0.2) is 5.96 Å². The average Bonchev–Trinajstić information content (AvgIpc) is 3.12. The first-order chi connectivity index (χ1) is 16.7. The molecule has 0 radical (unpaired) electrons. The summed E-state index contributed by atoms with van der Waals surface area (Å²) in [6, 6.07) is 9.66. The molecule has 0 fully saturated rings. The normalized spacial score (nSPS) is 16.6. The summed E-state index contributed by atoms with van der Waals surface area (Å²) in [7, 11) is 2.09. The summed E-state index contributed by atoms with van der Waals surface area (Å²) in [5.74, 6) is -2.36. The number of aliphatic imine (C=N–C) groups is 1. The van der Waals surface area contributed by atoms with E-state index in [0.717, 1.165) is 43.1 Å². The molecule has 10 heteroatoms. The van der Waals surface area contributed by atoms with Crippen LogP contribution in [-0.4, -0.2) is 42.8 Å². The maximum atomic E-state index is 13.7. The molecule has 0 heterocycles. The summed E-state index contributed by atoms with van der Waals surface area (Å²) < 4.78 is 13.7. The van der Waals surface area contributed by atoms with Crippen LogP contribution in [0.3, 0.4) is 0 Å². The molecular weight excluding hydrogens is 471 g/mol.